The average Bonchev–Trinajstić information content (AvgIpc) is 3.50. The molecule has 2 rings (SSSR count). The first-order chi connectivity index (χ1) is 30.9. The number of hydrogen-bond donors (Lipinski definition) is 3. The number of phosphoric ester groups is 1. The normalized spacial score (nSPS) is 20.0. The van der Waals surface area contributed by atoms with Crippen molar-refractivity contribution in [1.29, 1.82) is 0 Å². The fourth-order valence-electron chi connectivity index (χ4n) is 7.70. The largest absolute Gasteiger partial charge is 0.756 e. The van der Waals surface area contributed by atoms with Crippen molar-refractivity contribution < 1.29 is 66.5 Å². The minimum atomic E-state index is -4.71. The number of quaternary nitrogens is 1. The van der Waals surface area contributed by atoms with Gasteiger partial charge in [-0.1, -0.05) is 109 Å². The minimum absolute atomic E-state index is 0.0755. The number of carbonyl (C=O) groups excluding carboxylic acids is 2. The molecule has 0 spiro atoms. The third-order valence-corrected chi connectivity index (χ3v) is 12.9. The van der Waals surface area contributed by atoms with Gasteiger partial charge in [0.15, 0.2) is 12.4 Å². The summed E-state index contributed by atoms with van der Waals surface area (Å²) in [6, 6.07) is 0. The molecule has 65 heavy (non-hydrogen) atoms. The minimum Gasteiger partial charge on any atom is -0.756 e. The number of nitrogens with zero attached hydrogens (tertiary/aromatic N) is 1. The third kappa shape index (κ3) is 27.3. The summed E-state index contributed by atoms with van der Waals surface area (Å²) in [5.41, 5.74) is 2.62. The molecule has 376 valence electrons. The van der Waals surface area contributed by atoms with Crippen LogP contribution in [-0.4, -0.2) is 110 Å². The van der Waals surface area contributed by atoms with Crippen molar-refractivity contribution >= 4 is 19.8 Å². The molecule has 1 aliphatic rings. The zero-order chi connectivity index (χ0) is 48.1. The monoisotopic (exact) mass is 942 g/mol. The van der Waals surface area contributed by atoms with Crippen LogP contribution < -0.4 is 4.89 Å². The van der Waals surface area contributed by atoms with Crippen LogP contribution in [0.3, 0.4) is 0 Å². The van der Waals surface area contributed by atoms with Gasteiger partial charge in [-0.2, -0.15) is 0 Å². The Morgan fingerprint density at radius 2 is 1.42 bits per heavy atom. The van der Waals surface area contributed by atoms with Crippen molar-refractivity contribution in [1.82, 2.24) is 0 Å². The van der Waals surface area contributed by atoms with E-state index in [1.54, 1.807) is 12.2 Å². The molecule has 1 aromatic heterocycles. The second-order valence-corrected chi connectivity index (χ2v) is 20.3. The van der Waals surface area contributed by atoms with Crippen molar-refractivity contribution in [2.75, 3.05) is 47.5 Å². The number of carbonyl (C=O) groups is 2. The number of allylic oxidation sites excluding steroid dienone is 2. The zero-order valence-electron chi connectivity index (χ0n) is 41.2. The summed E-state index contributed by atoms with van der Waals surface area (Å²) >= 11 is 0. The Balaban J connectivity index is 1.76. The summed E-state index contributed by atoms with van der Waals surface area (Å²) in [6.07, 6.45) is 22.2. The predicted molar refractivity (Wildman–Crippen MR) is 252 cm³/mol. The van der Waals surface area contributed by atoms with Crippen LogP contribution in [0.4, 0.5) is 0 Å². The van der Waals surface area contributed by atoms with Crippen LogP contribution >= 0.6 is 7.82 Å². The second-order valence-electron chi connectivity index (χ2n) is 18.9. The second kappa shape index (κ2) is 33.2. The average molecular weight is 942 g/mol. The number of likely N-dealkylation sites (N-methyl/N-ethyl adjacent to an activating group) is 1. The summed E-state index contributed by atoms with van der Waals surface area (Å²) in [7, 11) is 0.994. The Hall–Kier alpha value is -2.39. The van der Waals surface area contributed by atoms with E-state index in [2.05, 4.69) is 27.7 Å². The highest BCUT2D eigenvalue weighted by Crippen LogP contribution is 2.38. The van der Waals surface area contributed by atoms with E-state index in [0.717, 1.165) is 88.6 Å². The quantitative estimate of drug-likeness (QED) is 0.0188. The van der Waals surface area contributed by atoms with Crippen LogP contribution in [0.2, 0.25) is 0 Å². The third-order valence-electron chi connectivity index (χ3n) is 12.0. The maximum Gasteiger partial charge on any atom is 0.306 e. The highest BCUT2D eigenvalue weighted by Gasteiger charge is 2.35. The highest BCUT2D eigenvalue weighted by molar-refractivity contribution is 7.45. The Bertz CT molecular complexity index is 1560. The lowest BCUT2D eigenvalue weighted by Crippen LogP contribution is -2.43. The lowest BCUT2D eigenvalue weighted by molar-refractivity contribution is -0.870. The predicted octanol–water partition coefficient (Wildman–Crippen LogP) is 9.04. The van der Waals surface area contributed by atoms with Crippen LogP contribution in [-0.2, 0) is 50.3 Å². The van der Waals surface area contributed by atoms with E-state index in [1.165, 1.54) is 30.4 Å². The molecule has 0 aromatic carbocycles. The summed E-state index contributed by atoms with van der Waals surface area (Å²) in [5.74, 6) is 0.931. The summed E-state index contributed by atoms with van der Waals surface area (Å²) in [5, 5.41) is 31.1. The fraction of sp³-hybridized carbons (Fsp3) is 0.800. The number of hydrogen-bond acceptors (Lipinski definition) is 13. The molecular formula is C50H88NO13P. The molecule has 2 heterocycles. The number of unbranched alkanes of at least 4 members (excludes halogenated alkanes) is 12. The van der Waals surface area contributed by atoms with E-state index in [9.17, 15) is 34.4 Å². The molecule has 1 saturated heterocycles. The smallest absolute Gasteiger partial charge is 0.306 e. The number of aryl methyl sites for hydroxylation is 2. The lowest BCUT2D eigenvalue weighted by Gasteiger charge is -2.36. The van der Waals surface area contributed by atoms with Crippen molar-refractivity contribution in [3.63, 3.8) is 0 Å². The van der Waals surface area contributed by atoms with Crippen LogP contribution in [0.1, 0.15) is 171 Å². The molecule has 15 heteroatoms. The molecule has 0 bridgehead atoms. The summed E-state index contributed by atoms with van der Waals surface area (Å²) in [6.45, 7) is 8.09. The molecule has 1 fully saturated rings. The number of rotatable bonds is 37. The van der Waals surface area contributed by atoms with Crippen molar-refractivity contribution in [2.45, 2.75) is 206 Å². The van der Waals surface area contributed by atoms with Gasteiger partial charge in [0, 0.05) is 38.0 Å². The van der Waals surface area contributed by atoms with E-state index < -0.39 is 57.1 Å². The van der Waals surface area contributed by atoms with Gasteiger partial charge in [0.05, 0.1) is 46.1 Å². The first-order valence-electron chi connectivity index (χ1n) is 24.8. The molecule has 3 N–H and O–H groups in total. The van der Waals surface area contributed by atoms with Crippen molar-refractivity contribution in [3.05, 3.63) is 47.0 Å². The van der Waals surface area contributed by atoms with E-state index in [1.807, 2.05) is 33.3 Å². The number of phosphoric acid groups is 1. The maximum atomic E-state index is 12.8. The number of aliphatic hydroxyl groups excluding tert-OH is 3. The molecule has 0 aliphatic carbocycles. The van der Waals surface area contributed by atoms with Crippen LogP contribution in [0.15, 0.2) is 28.7 Å². The molecule has 2 unspecified atom stereocenters. The van der Waals surface area contributed by atoms with Gasteiger partial charge in [-0.3, -0.25) is 14.2 Å². The van der Waals surface area contributed by atoms with E-state index in [4.69, 9.17) is 27.7 Å². The molecule has 7 atom stereocenters. The van der Waals surface area contributed by atoms with Crippen LogP contribution in [0, 0.1) is 19.8 Å². The summed E-state index contributed by atoms with van der Waals surface area (Å²) in [4.78, 5) is 38.0. The Labute approximate surface area is 391 Å². The number of esters is 2. The molecule has 1 aromatic rings. The molecule has 1 aliphatic heterocycles. The maximum absolute atomic E-state index is 12.8. The van der Waals surface area contributed by atoms with Gasteiger partial charge in [-0.25, -0.2) is 0 Å². The van der Waals surface area contributed by atoms with Crippen LogP contribution in [0.5, 0.6) is 0 Å². The Kier molecular flexibility index (Phi) is 30.0. The Morgan fingerprint density at radius 1 is 0.815 bits per heavy atom. The molecule has 0 radical (unpaired) electrons. The summed E-state index contributed by atoms with van der Waals surface area (Å²) < 4.78 is 45.9. The molecule has 0 amide bonds. The number of furan rings is 1. The van der Waals surface area contributed by atoms with Gasteiger partial charge < -0.3 is 52.4 Å². The van der Waals surface area contributed by atoms with Gasteiger partial charge in [0.25, 0.3) is 7.82 Å². The van der Waals surface area contributed by atoms with E-state index in [-0.39, 0.29) is 38.4 Å². The SMILES string of the molecule is CCCCCc1oc(CCCCCCCCCCC(=O)O[C@H](COC(=O)CCC/C=C\C[C@H]2[C@@H](O)CC(O)O[C@@H]2/C=C/[C@@H](O)CCCCC)COP(=O)([O-])OCC[N+](C)(C)C)c(C)c1C. The fourth-order valence-corrected chi connectivity index (χ4v) is 8.42. The topological polar surface area (TPSA) is 194 Å². The number of aliphatic hydroxyl groups is 3. The van der Waals surface area contributed by atoms with E-state index >= 15 is 0 Å². The molecular weight excluding hydrogens is 854 g/mol. The van der Waals surface area contributed by atoms with Crippen molar-refractivity contribution in [3.8, 4) is 0 Å². The zero-order valence-corrected chi connectivity index (χ0v) is 42.1. The lowest BCUT2D eigenvalue weighted by atomic mass is 9.87. The molecule has 14 nitrogen and oxygen atoms in total. The van der Waals surface area contributed by atoms with Gasteiger partial charge in [-0.15, -0.1) is 0 Å². The van der Waals surface area contributed by atoms with Gasteiger partial charge in [0.1, 0.15) is 31.3 Å². The Morgan fingerprint density at radius 3 is 2.06 bits per heavy atom. The van der Waals surface area contributed by atoms with Crippen LogP contribution in [0.25, 0.3) is 0 Å². The highest BCUT2D eigenvalue weighted by atomic mass is 31.2. The first kappa shape index (κ1) is 58.7. The van der Waals surface area contributed by atoms with Crippen molar-refractivity contribution in [2.24, 2.45) is 5.92 Å². The number of ether oxygens (including phenoxy) is 3. The standard InChI is InChI=1S/C50H88NO13P/c1-8-10-20-26-41(52)32-33-47-43(44(53)36-50(56)64-47)27-22-18-19-24-30-48(54)59-37-42(38-61-65(57,58)60-35-34-51(5,6)7)62-49(55)31-25-17-15-13-12-14-16-23-29-46-40(4)39(3)45(63-46)28-21-11-9-2/h18,22,32-33,41-44,47,50,52-53,56H,8-17,19-21,23-31,34-38H2,1-7H3/b22-18-,33-32+/t41-,42+,43-,44-,47+,50?/m0/s1. The molecule has 0 saturated carbocycles. The first-order valence-corrected chi connectivity index (χ1v) is 26.3. The van der Waals surface area contributed by atoms with Gasteiger partial charge in [0.2, 0.25) is 0 Å². The van der Waals surface area contributed by atoms with Gasteiger partial charge in [-0.05, 0) is 69.9 Å². The van der Waals surface area contributed by atoms with Gasteiger partial charge >= 0.3 is 11.9 Å². The van der Waals surface area contributed by atoms with E-state index in [0.29, 0.717) is 43.1 Å².